The molecule has 11 heteroatoms. The summed E-state index contributed by atoms with van der Waals surface area (Å²) in [6.45, 7) is 6.07. The van der Waals surface area contributed by atoms with E-state index in [-0.39, 0.29) is 24.4 Å². The van der Waals surface area contributed by atoms with Gasteiger partial charge in [-0.1, -0.05) is 13.5 Å². The van der Waals surface area contributed by atoms with Crippen LogP contribution in [0.3, 0.4) is 0 Å². The molecule has 0 aliphatic carbocycles. The van der Waals surface area contributed by atoms with Gasteiger partial charge < -0.3 is 20.8 Å². The zero-order valence-corrected chi connectivity index (χ0v) is 18.0. The minimum Gasteiger partial charge on any atom is -0.497 e. The van der Waals surface area contributed by atoms with Crippen LogP contribution in [-0.2, 0) is 10.4 Å². The SMILES string of the molecule is C.C=CC1CN2CCC1C[C@H]2[C@H](O)c1ccnc2ccc(OC)cc12.O.O.O=S(=O)(O)O. The summed E-state index contributed by atoms with van der Waals surface area (Å²) in [7, 11) is -3.01. The molecule has 3 aliphatic heterocycles. The minimum atomic E-state index is -4.67. The van der Waals surface area contributed by atoms with E-state index >= 15 is 0 Å². The summed E-state index contributed by atoms with van der Waals surface area (Å²) in [6, 6.07) is 7.96. The molecule has 3 saturated heterocycles. The normalized spacial score (nSPS) is 24.5. The van der Waals surface area contributed by atoms with E-state index in [1.54, 1.807) is 13.3 Å². The summed E-state index contributed by atoms with van der Waals surface area (Å²) in [5.74, 6) is 2.01. The Labute approximate surface area is 188 Å². The topological polar surface area (TPSA) is 183 Å². The van der Waals surface area contributed by atoms with Crippen molar-refractivity contribution in [1.29, 1.82) is 0 Å². The second kappa shape index (κ2) is 12.2. The lowest BCUT2D eigenvalue weighted by molar-refractivity contribution is -0.0444. The molecule has 1 aromatic carbocycles. The molecule has 3 fully saturated rings. The molecular formula is C21H34N2O8S. The third-order valence-electron chi connectivity index (χ3n) is 5.82. The average molecular weight is 475 g/mol. The third-order valence-corrected chi connectivity index (χ3v) is 5.82. The van der Waals surface area contributed by atoms with E-state index in [9.17, 15) is 5.11 Å². The molecule has 0 spiro atoms. The molecule has 4 heterocycles. The predicted molar refractivity (Wildman–Crippen MR) is 123 cm³/mol. The molecule has 5 rings (SSSR count). The zero-order valence-electron chi connectivity index (χ0n) is 17.2. The Morgan fingerprint density at radius 2 is 1.94 bits per heavy atom. The molecule has 32 heavy (non-hydrogen) atoms. The Bertz CT molecular complexity index is 977. The van der Waals surface area contributed by atoms with Gasteiger partial charge in [-0.15, -0.1) is 6.58 Å². The quantitative estimate of drug-likeness (QED) is 0.440. The summed E-state index contributed by atoms with van der Waals surface area (Å²) in [5.41, 5.74) is 1.85. The van der Waals surface area contributed by atoms with Crippen LogP contribution in [0.1, 0.15) is 31.9 Å². The van der Waals surface area contributed by atoms with Crippen molar-refractivity contribution in [2.24, 2.45) is 11.8 Å². The van der Waals surface area contributed by atoms with Gasteiger partial charge in [-0.2, -0.15) is 8.42 Å². The van der Waals surface area contributed by atoms with Crippen molar-refractivity contribution in [2.45, 2.75) is 32.4 Å². The highest BCUT2D eigenvalue weighted by Crippen LogP contribution is 2.42. The number of rotatable bonds is 4. The van der Waals surface area contributed by atoms with Gasteiger partial charge in [-0.05, 0) is 61.1 Å². The summed E-state index contributed by atoms with van der Waals surface area (Å²) < 4.78 is 36.9. The van der Waals surface area contributed by atoms with Crippen LogP contribution >= 0.6 is 0 Å². The Morgan fingerprint density at radius 3 is 2.47 bits per heavy atom. The molecule has 0 saturated carbocycles. The lowest BCUT2D eigenvalue weighted by atomic mass is 9.73. The second-order valence-electron chi connectivity index (χ2n) is 7.42. The van der Waals surface area contributed by atoms with Gasteiger partial charge in [0.15, 0.2) is 0 Å². The van der Waals surface area contributed by atoms with Gasteiger partial charge in [0, 0.05) is 24.2 Å². The van der Waals surface area contributed by atoms with E-state index in [0.717, 1.165) is 41.7 Å². The average Bonchev–Trinajstić information content (AvgIpc) is 2.71. The van der Waals surface area contributed by atoms with E-state index in [1.807, 2.05) is 24.3 Å². The predicted octanol–water partition coefficient (Wildman–Crippen LogP) is 1.51. The summed E-state index contributed by atoms with van der Waals surface area (Å²) in [5, 5.41) is 12.1. The van der Waals surface area contributed by atoms with E-state index in [4.69, 9.17) is 22.3 Å². The zero-order chi connectivity index (χ0) is 21.2. The highest BCUT2D eigenvalue weighted by Gasteiger charge is 2.42. The van der Waals surface area contributed by atoms with Crippen molar-refractivity contribution in [3.05, 3.63) is 48.7 Å². The number of piperidine rings is 3. The molecule has 0 radical (unpaired) electrons. The van der Waals surface area contributed by atoms with E-state index < -0.39 is 16.5 Å². The molecular weight excluding hydrogens is 440 g/mol. The number of aliphatic hydroxyl groups is 1. The number of hydrogen-bond acceptors (Lipinski definition) is 6. The number of pyridine rings is 1. The van der Waals surface area contributed by atoms with Crippen LogP contribution < -0.4 is 4.74 Å². The fourth-order valence-electron chi connectivity index (χ4n) is 4.44. The Kier molecular flexibility index (Phi) is 11.4. The molecule has 2 aromatic rings. The lowest BCUT2D eigenvalue weighted by Crippen LogP contribution is -2.54. The van der Waals surface area contributed by atoms with Gasteiger partial charge in [-0.3, -0.25) is 19.0 Å². The molecule has 1 aromatic heterocycles. The van der Waals surface area contributed by atoms with Gasteiger partial charge in [0.2, 0.25) is 0 Å². The smallest absolute Gasteiger partial charge is 0.394 e. The third kappa shape index (κ3) is 6.94. The van der Waals surface area contributed by atoms with Gasteiger partial charge in [0.1, 0.15) is 5.75 Å². The molecule has 2 bridgehead atoms. The Hall–Kier alpha value is -2.12. The number of aromatic nitrogens is 1. The molecule has 10 nitrogen and oxygen atoms in total. The maximum absolute atomic E-state index is 11.2. The molecule has 3 aliphatic rings. The van der Waals surface area contributed by atoms with E-state index in [0.29, 0.717) is 11.8 Å². The molecule has 7 N–H and O–H groups in total. The fourth-order valence-corrected chi connectivity index (χ4v) is 4.44. The minimum absolute atomic E-state index is 0. The molecule has 0 amide bonds. The van der Waals surface area contributed by atoms with Crippen molar-refractivity contribution in [1.82, 2.24) is 9.88 Å². The maximum atomic E-state index is 11.2. The summed E-state index contributed by atoms with van der Waals surface area (Å²) >= 11 is 0. The van der Waals surface area contributed by atoms with Crippen LogP contribution in [0.4, 0.5) is 0 Å². The Balaban J connectivity index is 0.00000109. The van der Waals surface area contributed by atoms with Gasteiger partial charge in [0.05, 0.1) is 18.7 Å². The number of methoxy groups -OCH3 is 1. The van der Waals surface area contributed by atoms with Crippen LogP contribution in [0.25, 0.3) is 10.9 Å². The number of hydrogen-bond donors (Lipinski definition) is 3. The van der Waals surface area contributed by atoms with E-state index in [1.165, 1.54) is 6.42 Å². The fraction of sp³-hybridized carbons (Fsp3) is 0.476. The number of nitrogens with zero attached hydrogens (tertiary/aromatic N) is 2. The largest absolute Gasteiger partial charge is 0.497 e. The van der Waals surface area contributed by atoms with Crippen LogP contribution in [0.15, 0.2) is 43.1 Å². The summed E-state index contributed by atoms with van der Waals surface area (Å²) in [4.78, 5) is 6.86. The van der Waals surface area contributed by atoms with Crippen LogP contribution in [0.2, 0.25) is 0 Å². The van der Waals surface area contributed by atoms with Crippen molar-refractivity contribution in [2.75, 3.05) is 20.2 Å². The van der Waals surface area contributed by atoms with Crippen molar-refractivity contribution < 1.29 is 38.3 Å². The number of aliphatic hydroxyl groups excluding tert-OH is 1. The van der Waals surface area contributed by atoms with Crippen LogP contribution in [-0.4, -0.2) is 69.7 Å². The van der Waals surface area contributed by atoms with Crippen LogP contribution in [0.5, 0.6) is 5.75 Å². The maximum Gasteiger partial charge on any atom is 0.394 e. The van der Waals surface area contributed by atoms with Gasteiger partial charge >= 0.3 is 10.4 Å². The van der Waals surface area contributed by atoms with Crippen molar-refractivity contribution in [3.8, 4) is 5.75 Å². The first-order chi connectivity index (χ1) is 13.7. The first kappa shape index (κ1) is 29.9. The molecule has 5 atom stereocenters. The highest BCUT2D eigenvalue weighted by atomic mass is 32.3. The first-order valence-electron chi connectivity index (χ1n) is 9.38. The van der Waals surface area contributed by atoms with Crippen LogP contribution in [0, 0.1) is 11.8 Å². The number of fused-ring (bicyclic) bond motifs is 4. The van der Waals surface area contributed by atoms with Crippen molar-refractivity contribution in [3.63, 3.8) is 0 Å². The number of ether oxygens (including phenoxy) is 1. The number of benzene rings is 1. The molecule has 182 valence electrons. The highest BCUT2D eigenvalue weighted by molar-refractivity contribution is 7.79. The van der Waals surface area contributed by atoms with Gasteiger partial charge in [0.25, 0.3) is 0 Å². The molecule has 3 unspecified atom stereocenters. The van der Waals surface area contributed by atoms with Gasteiger partial charge in [-0.25, -0.2) is 0 Å². The van der Waals surface area contributed by atoms with Crippen molar-refractivity contribution >= 4 is 21.3 Å². The first-order valence-corrected chi connectivity index (χ1v) is 10.8. The summed E-state index contributed by atoms with van der Waals surface area (Å²) in [6.07, 6.45) is 5.62. The monoisotopic (exact) mass is 474 g/mol. The lowest BCUT2D eigenvalue weighted by Gasteiger charge is -2.50. The second-order valence-corrected chi connectivity index (χ2v) is 8.32. The van der Waals surface area contributed by atoms with E-state index in [2.05, 4.69) is 22.5 Å². The Morgan fingerprint density at radius 1 is 1.28 bits per heavy atom. The standard InChI is InChI=1S/C20H24N2O2.CH4.H2O4S.2H2O/c1-3-13-12-22-9-7-14(13)10-19(22)20(23)16-6-8-21-18-5-4-15(24-2)11-17(16)18;;1-5(2,3)4;;/h3-6,8,11,13-14,19-20,23H,1,7,9-10,12H2,2H3;1H4;(H2,1,2,3,4);2*1H2/t13?,14?,19-,20+;;;;/m0..../s1.